The lowest BCUT2D eigenvalue weighted by molar-refractivity contribution is 1.30. The Morgan fingerprint density at radius 1 is 0.643 bits per heavy atom. The van der Waals surface area contributed by atoms with E-state index >= 15 is 0 Å². The molecule has 4 aromatic rings. The summed E-state index contributed by atoms with van der Waals surface area (Å²) in [4.78, 5) is 8.86. The average molecular weight is 368 g/mol. The molecule has 0 saturated heterocycles. The number of anilines is 2. The van der Waals surface area contributed by atoms with E-state index in [0.717, 1.165) is 44.6 Å². The lowest BCUT2D eigenvalue weighted by Crippen LogP contribution is -2.10. The standard InChI is InChI=1S/C22H20N6/c1-15(25-27-19-11-3-7-17-9-5-13-23-21(17)19)16(2)26-28-20-12-4-8-18-10-6-14-24-22(18)20/h3-14,27-28H,1-2H3/b25-15-,26-16-. The third-order valence-corrected chi connectivity index (χ3v) is 4.48. The van der Waals surface area contributed by atoms with Gasteiger partial charge in [0.1, 0.15) is 0 Å². The quantitative estimate of drug-likeness (QED) is 0.381. The number of para-hydroxylation sites is 2. The number of benzene rings is 2. The third-order valence-electron chi connectivity index (χ3n) is 4.48. The van der Waals surface area contributed by atoms with Crippen LogP contribution < -0.4 is 10.9 Å². The molecular formula is C22H20N6. The number of nitrogens with zero attached hydrogens (tertiary/aromatic N) is 4. The van der Waals surface area contributed by atoms with Crippen molar-refractivity contribution in [2.45, 2.75) is 13.8 Å². The largest absolute Gasteiger partial charge is 0.276 e. The molecule has 0 radical (unpaired) electrons. The number of rotatable bonds is 5. The normalized spacial score (nSPS) is 12.4. The van der Waals surface area contributed by atoms with Gasteiger partial charge in [-0.05, 0) is 38.1 Å². The summed E-state index contributed by atoms with van der Waals surface area (Å²) in [7, 11) is 0. The van der Waals surface area contributed by atoms with Crippen LogP contribution in [0.4, 0.5) is 11.4 Å². The van der Waals surface area contributed by atoms with Crippen LogP contribution in [-0.4, -0.2) is 21.4 Å². The number of hydrogen-bond acceptors (Lipinski definition) is 6. The first kappa shape index (κ1) is 17.6. The van der Waals surface area contributed by atoms with Gasteiger partial charge in [0, 0.05) is 23.2 Å². The molecule has 0 aliphatic heterocycles. The lowest BCUT2D eigenvalue weighted by atomic mass is 10.2. The fraction of sp³-hybridized carbons (Fsp3) is 0.0909. The molecule has 2 heterocycles. The molecule has 0 atom stereocenters. The molecule has 6 heteroatoms. The molecule has 0 saturated carbocycles. The van der Waals surface area contributed by atoms with E-state index in [1.165, 1.54) is 0 Å². The topological polar surface area (TPSA) is 74.6 Å². The molecular weight excluding hydrogens is 348 g/mol. The number of fused-ring (bicyclic) bond motifs is 2. The summed E-state index contributed by atoms with van der Waals surface area (Å²) >= 11 is 0. The number of aromatic nitrogens is 2. The summed E-state index contributed by atoms with van der Waals surface area (Å²) in [5.41, 5.74) is 11.2. The van der Waals surface area contributed by atoms with E-state index in [9.17, 15) is 0 Å². The highest BCUT2D eigenvalue weighted by Crippen LogP contribution is 2.21. The smallest absolute Gasteiger partial charge is 0.0951 e. The van der Waals surface area contributed by atoms with Crippen molar-refractivity contribution in [1.29, 1.82) is 0 Å². The molecule has 4 rings (SSSR count). The molecule has 2 N–H and O–H groups in total. The fourth-order valence-electron chi connectivity index (χ4n) is 2.84. The second-order valence-electron chi connectivity index (χ2n) is 6.38. The van der Waals surface area contributed by atoms with Crippen LogP contribution in [0.3, 0.4) is 0 Å². The molecule has 0 aliphatic carbocycles. The van der Waals surface area contributed by atoms with Crippen molar-refractivity contribution < 1.29 is 0 Å². The minimum Gasteiger partial charge on any atom is -0.276 e. The molecule has 2 aromatic heterocycles. The number of pyridine rings is 2. The van der Waals surface area contributed by atoms with Gasteiger partial charge >= 0.3 is 0 Å². The van der Waals surface area contributed by atoms with E-state index in [1.54, 1.807) is 12.4 Å². The molecule has 0 aliphatic rings. The van der Waals surface area contributed by atoms with Gasteiger partial charge in [-0.15, -0.1) is 0 Å². The maximum Gasteiger partial charge on any atom is 0.0951 e. The summed E-state index contributed by atoms with van der Waals surface area (Å²) < 4.78 is 0. The Hall–Kier alpha value is -3.80. The molecule has 2 aromatic carbocycles. The van der Waals surface area contributed by atoms with Crippen LogP contribution in [0.5, 0.6) is 0 Å². The van der Waals surface area contributed by atoms with Gasteiger partial charge in [0.05, 0.1) is 33.8 Å². The van der Waals surface area contributed by atoms with Crippen molar-refractivity contribution in [2.75, 3.05) is 10.9 Å². The first-order chi connectivity index (χ1) is 13.7. The first-order valence-corrected chi connectivity index (χ1v) is 9.01. The molecule has 0 amide bonds. The number of hydrogen-bond donors (Lipinski definition) is 2. The SMILES string of the molecule is CC(=N/Nc1cccc2cccnc12)/C(C)=N\Nc1cccc2cccnc12. The van der Waals surface area contributed by atoms with Gasteiger partial charge in [-0.25, -0.2) is 0 Å². The second kappa shape index (κ2) is 7.84. The maximum absolute atomic E-state index is 4.46. The summed E-state index contributed by atoms with van der Waals surface area (Å²) in [6.45, 7) is 3.82. The average Bonchev–Trinajstić information content (AvgIpc) is 2.75. The van der Waals surface area contributed by atoms with Crippen LogP contribution in [0.2, 0.25) is 0 Å². The number of hydrazone groups is 2. The van der Waals surface area contributed by atoms with E-state index in [4.69, 9.17) is 0 Å². The monoisotopic (exact) mass is 368 g/mol. The second-order valence-corrected chi connectivity index (χ2v) is 6.38. The third kappa shape index (κ3) is 3.66. The summed E-state index contributed by atoms with van der Waals surface area (Å²) in [6.07, 6.45) is 3.55. The van der Waals surface area contributed by atoms with E-state index in [2.05, 4.69) is 31.0 Å². The van der Waals surface area contributed by atoms with Gasteiger partial charge in [0.15, 0.2) is 0 Å². The van der Waals surface area contributed by atoms with Crippen molar-refractivity contribution in [2.24, 2.45) is 10.2 Å². The van der Waals surface area contributed by atoms with E-state index in [1.807, 2.05) is 74.5 Å². The zero-order valence-electron chi connectivity index (χ0n) is 15.7. The Morgan fingerprint density at radius 2 is 1.07 bits per heavy atom. The van der Waals surface area contributed by atoms with Gasteiger partial charge in [-0.1, -0.05) is 36.4 Å². The van der Waals surface area contributed by atoms with Crippen LogP contribution in [-0.2, 0) is 0 Å². The highest BCUT2D eigenvalue weighted by Gasteiger charge is 2.03. The van der Waals surface area contributed by atoms with E-state index in [-0.39, 0.29) is 0 Å². The van der Waals surface area contributed by atoms with E-state index < -0.39 is 0 Å². The van der Waals surface area contributed by atoms with Gasteiger partial charge in [0.25, 0.3) is 0 Å². The van der Waals surface area contributed by atoms with E-state index in [0.29, 0.717) is 0 Å². The van der Waals surface area contributed by atoms with Crippen molar-refractivity contribution in [3.63, 3.8) is 0 Å². The Bertz CT molecular complexity index is 1090. The highest BCUT2D eigenvalue weighted by molar-refractivity contribution is 6.40. The summed E-state index contributed by atoms with van der Waals surface area (Å²) in [6, 6.07) is 19.8. The van der Waals surface area contributed by atoms with Crippen molar-refractivity contribution in [3.8, 4) is 0 Å². The van der Waals surface area contributed by atoms with Crippen LogP contribution >= 0.6 is 0 Å². The number of nitrogens with one attached hydrogen (secondary N) is 2. The molecule has 0 fully saturated rings. The zero-order valence-corrected chi connectivity index (χ0v) is 15.7. The molecule has 28 heavy (non-hydrogen) atoms. The molecule has 6 nitrogen and oxygen atoms in total. The van der Waals surface area contributed by atoms with Gasteiger partial charge in [-0.3, -0.25) is 20.8 Å². The van der Waals surface area contributed by atoms with Crippen LogP contribution in [0.1, 0.15) is 13.8 Å². The molecule has 0 spiro atoms. The van der Waals surface area contributed by atoms with Crippen LogP contribution in [0.25, 0.3) is 21.8 Å². The van der Waals surface area contributed by atoms with Gasteiger partial charge in [0.2, 0.25) is 0 Å². The first-order valence-electron chi connectivity index (χ1n) is 9.01. The maximum atomic E-state index is 4.46. The summed E-state index contributed by atoms with van der Waals surface area (Å²) in [5.74, 6) is 0. The Morgan fingerprint density at radius 3 is 1.54 bits per heavy atom. The predicted octanol–water partition coefficient (Wildman–Crippen LogP) is 5.06. The Kier molecular flexibility index (Phi) is 4.93. The minimum absolute atomic E-state index is 0.772. The summed E-state index contributed by atoms with van der Waals surface area (Å²) in [5, 5.41) is 11.0. The van der Waals surface area contributed by atoms with Crippen LogP contribution in [0, 0.1) is 0 Å². The highest BCUT2D eigenvalue weighted by atomic mass is 15.3. The van der Waals surface area contributed by atoms with Crippen LogP contribution in [0.15, 0.2) is 83.3 Å². The van der Waals surface area contributed by atoms with Gasteiger partial charge in [-0.2, -0.15) is 10.2 Å². The van der Waals surface area contributed by atoms with Crippen molar-refractivity contribution in [1.82, 2.24) is 9.97 Å². The molecule has 0 bridgehead atoms. The Balaban J connectivity index is 1.53. The van der Waals surface area contributed by atoms with Gasteiger partial charge < -0.3 is 0 Å². The lowest BCUT2D eigenvalue weighted by Gasteiger charge is -2.08. The molecule has 138 valence electrons. The molecule has 0 unspecified atom stereocenters. The van der Waals surface area contributed by atoms with Crippen molar-refractivity contribution >= 4 is 44.6 Å². The minimum atomic E-state index is 0.772. The fourth-order valence-corrected chi connectivity index (χ4v) is 2.84. The zero-order chi connectivity index (χ0) is 19.3. The predicted molar refractivity (Wildman–Crippen MR) is 117 cm³/mol. The Labute approximate surface area is 163 Å². The van der Waals surface area contributed by atoms with Crippen molar-refractivity contribution in [3.05, 3.63) is 73.1 Å².